The molecular weight excluding hydrogens is 374 g/mol. The van der Waals surface area contributed by atoms with E-state index >= 15 is 0 Å². The van der Waals surface area contributed by atoms with E-state index in [1.807, 2.05) is 61.2 Å². The van der Waals surface area contributed by atoms with E-state index in [0.717, 1.165) is 12.0 Å². The predicted octanol–water partition coefficient (Wildman–Crippen LogP) is 4.43. The first-order valence-electron chi connectivity index (χ1n) is 10.8. The molecule has 1 N–H and O–H groups in total. The molecule has 1 aliphatic heterocycles. The zero-order valence-electron chi connectivity index (χ0n) is 17.8. The van der Waals surface area contributed by atoms with E-state index in [9.17, 15) is 9.90 Å². The van der Waals surface area contributed by atoms with Crippen LogP contribution in [0.4, 0.5) is 0 Å². The molecule has 1 aliphatic carbocycles. The van der Waals surface area contributed by atoms with Crippen LogP contribution in [-0.2, 0) is 22.4 Å². The first-order valence-corrected chi connectivity index (χ1v) is 10.8. The third kappa shape index (κ3) is 3.94. The number of hydrogen-bond acceptors (Lipinski definition) is 3. The second kappa shape index (κ2) is 8.37. The number of aliphatic hydroxyl groups is 1. The molecule has 0 bridgehead atoms. The zero-order valence-corrected chi connectivity index (χ0v) is 17.8. The maximum absolute atomic E-state index is 14.0. The minimum atomic E-state index is -0.682. The molecule has 2 aliphatic rings. The molecular formula is C26H31NO3. The Morgan fingerprint density at radius 3 is 2.67 bits per heavy atom. The average Bonchev–Trinajstić information content (AvgIpc) is 3.18. The third-order valence-corrected chi connectivity index (χ3v) is 6.35. The highest BCUT2D eigenvalue weighted by Crippen LogP contribution is 2.49. The molecule has 4 nitrogen and oxygen atoms in total. The van der Waals surface area contributed by atoms with E-state index in [-0.39, 0.29) is 24.0 Å². The van der Waals surface area contributed by atoms with Crippen LogP contribution >= 0.6 is 0 Å². The summed E-state index contributed by atoms with van der Waals surface area (Å²) in [4.78, 5) is 15.9. The van der Waals surface area contributed by atoms with Crippen LogP contribution in [0.1, 0.15) is 49.4 Å². The standard InChI is InChI=1S/C26H31NO3/c1-4-10-21(28)16-20(15-18-11-6-5-7-12-18)25(29)27-24-22-14-9-8-13-19(22)17-23(24)30-26(27,2)3/h4-9,11-14,20-21,23-24,28H,1,10,15-17H2,2-3H3/t20-,21-,23+,24-/m0/s1. The van der Waals surface area contributed by atoms with Crippen molar-refractivity contribution in [3.8, 4) is 0 Å². The van der Waals surface area contributed by atoms with Crippen LogP contribution in [-0.4, -0.2) is 33.8 Å². The van der Waals surface area contributed by atoms with Crippen LogP contribution in [0.5, 0.6) is 0 Å². The highest BCUT2D eigenvalue weighted by Gasteiger charge is 2.54. The Hall–Kier alpha value is -2.43. The SMILES string of the molecule is C=CC[C@H](O)C[C@H](Cc1ccccc1)C(=O)N1[C@H]2c3ccccc3C[C@H]2OC1(C)C. The van der Waals surface area contributed by atoms with Crippen molar-refractivity contribution in [2.45, 2.75) is 63.5 Å². The monoisotopic (exact) mass is 405 g/mol. The molecule has 0 unspecified atom stereocenters. The molecule has 1 saturated heterocycles. The van der Waals surface area contributed by atoms with Crippen molar-refractivity contribution in [3.05, 3.63) is 83.9 Å². The molecule has 4 rings (SSSR count). The number of rotatable bonds is 7. The summed E-state index contributed by atoms with van der Waals surface area (Å²) >= 11 is 0. The van der Waals surface area contributed by atoms with Gasteiger partial charge in [0.25, 0.3) is 0 Å². The van der Waals surface area contributed by atoms with Gasteiger partial charge in [-0.25, -0.2) is 0 Å². The van der Waals surface area contributed by atoms with Crippen LogP contribution < -0.4 is 0 Å². The average molecular weight is 406 g/mol. The third-order valence-electron chi connectivity index (χ3n) is 6.35. The zero-order chi connectivity index (χ0) is 21.3. The predicted molar refractivity (Wildman–Crippen MR) is 118 cm³/mol. The number of carbonyl (C=O) groups is 1. The number of fused-ring (bicyclic) bond motifs is 3. The summed E-state index contributed by atoms with van der Waals surface area (Å²) in [6.07, 6.45) is 3.42. The lowest BCUT2D eigenvalue weighted by Crippen LogP contribution is -2.48. The van der Waals surface area contributed by atoms with E-state index in [1.165, 1.54) is 11.1 Å². The molecule has 2 aromatic rings. The summed E-state index contributed by atoms with van der Waals surface area (Å²) in [6, 6.07) is 18.3. The summed E-state index contributed by atoms with van der Waals surface area (Å²) in [5.41, 5.74) is 2.86. The van der Waals surface area contributed by atoms with Crippen molar-refractivity contribution >= 4 is 5.91 Å². The van der Waals surface area contributed by atoms with Crippen molar-refractivity contribution in [2.24, 2.45) is 5.92 Å². The van der Waals surface area contributed by atoms with Gasteiger partial charge in [-0.3, -0.25) is 4.79 Å². The van der Waals surface area contributed by atoms with Gasteiger partial charge in [0.15, 0.2) is 0 Å². The first kappa shape index (κ1) is 20.8. The Bertz CT molecular complexity index is 908. The second-order valence-corrected chi connectivity index (χ2v) is 8.96. The lowest BCUT2D eigenvalue weighted by Gasteiger charge is -2.37. The van der Waals surface area contributed by atoms with Crippen molar-refractivity contribution in [1.29, 1.82) is 0 Å². The smallest absolute Gasteiger partial charge is 0.228 e. The number of carbonyl (C=O) groups excluding carboxylic acids is 1. The van der Waals surface area contributed by atoms with Gasteiger partial charge in [-0.1, -0.05) is 60.7 Å². The molecule has 1 fully saturated rings. The molecule has 158 valence electrons. The minimum absolute atomic E-state index is 0.0168. The Kier molecular flexibility index (Phi) is 5.81. The van der Waals surface area contributed by atoms with E-state index < -0.39 is 11.8 Å². The van der Waals surface area contributed by atoms with Crippen molar-refractivity contribution in [2.75, 3.05) is 0 Å². The number of ether oxygens (including phenoxy) is 1. The Labute approximate surface area is 179 Å². The molecule has 4 atom stereocenters. The van der Waals surface area contributed by atoms with Crippen molar-refractivity contribution in [3.63, 3.8) is 0 Å². The fraction of sp³-hybridized carbons (Fsp3) is 0.423. The number of nitrogens with zero attached hydrogens (tertiary/aromatic N) is 1. The van der Waals surface area contributed by atoms with E-state index in [0.29, 0.717) is 19.3 Å². The molecule has 0 spiro atoms. The molecule has 2 aromatic carbocycles. The van der Waals surface area contributed by atoms with Gasteiger partial charge >= 0.3 is 0 Å². The molecule has 1 heterocycles. The van der Waals surface area contributed by atoms with Gasteiger partial charge in [-0.05, 0) is 49.8 Å². The van der Waals surface area contributed by atoms with E-state index in [1.54, 1.807) is 6.08 Å². The molecule has 0 aromatic heterocycles. The summed E-state index contributed by atoms with van der Waals surface area (Å²) in [5.74, 6) is -0.270. The largest absolute Gasteiger partial charge is 0.393 e. The van der Waals surface area contributed by atoms with Gasteiger partial charge < -0.3 is 14.7 Å². The van der Waals surface area contributed by atoms with Gasteiger partial charge in [0.1, 0.15) is 5.72 Å². The molecule has 30 heavy (non-hydrogen) atoms. The van der Waals surface area contributed by atoms with Crippen LogP contribution in [0.2, 0.25) is 0 Å². The fourth-order valence-corrected chi connectivity index (χ4v) is 5.10. The van der Waals surface area contributed by atoms with E-state index in [2.05, 4.69) is 18.7 Å². The Morgan fingerprint density at radius 2 is 1.93 bits per heavy atom. The summed E-state index contributed by atoms with van der Waals surface area (Å²) < 4.78 is 6.37. The number of hydrogen-bond donors (Lipinski definition) is 1. The lowest BCUT2D eigenvalue weighted by atomic mass is 9.90. The van der Waals surface area contributed by atoms with Gasteiger partial charge in [-0.15, -0.1) is 6.58 Å². The van der Waals surface area contributed by atoms with Gasteiger partial charge in [0.05, 0.1) is 18.2 Å². The number of benzene rings is 2. The number of amides is 1. The summed E-state index contributed by atoms with van der Waals surface area (Å²) in [7, 11) is 0. The van der Waals surface area contributed by atoms with E-state index in [4.69, 9.17) is 4.74 Å². The highest BCUT2D eigenvalue weighted by atomic mass is 16.5. The fourth-order valence-electron chi connectivity index (χ4n) is 5.10. The quantitative estimate of drug-likeness (QED) is 0.693. The molecule has 0 saturated carbocycles. The second-order valence-electron chi connectivity index (χ2n) is 8.96. The lowest BCUT2D eigenvalue weighted by molar-refractivity contribution is -0.153. The summed E-state index contributed by atoms with van der Waals surface area (Å²) in [5, 5.41) is 10.5. The van der Waals surface area contributed by atoms with Gasteiger partial charge in [0, 0.05) is 12.3 Å². The maximum atomic E-state index is 14.0. The summed E-state index contributed by atoms with van der Waals surface area (Å²) in [6.45, 7) is 7.69. The molecule has 0 radical (unpaired) electrons. The molecule has 1 amide bonds. The highest BCUT2D eigenvalue weighted by molar-refractivity contribution is 5.81. The first-order chi connectivity index (χ1) is 14.4. The maximum Gasteiger partial charge on any atom is 0.228 e. The topological polar surface area (TPSA) is 49.8 Å². The Balaban J connectivity index is 1.65. The van der Waals surface area contributed by atoms with Crippen LogP contribution in [0.15, 0.2) is 67.3 Å². The number of aliphatic hydroxyl groups excluding tert-OH is 1. The van der Waals surface area contributed by atoms with Crippen LogP contribution in [0.3, 0.4) is 0 Å². The van der Waals surface area contributed by atoms with Crippen molar-refractivity contribution in [1.82, 2.24) is 4.90 Å². The molecule has 4 heteroatoms. The Morgan fingerprint density at radius 1 is 1.23 bits per heavy atom. The van der Waals surface area contributed by atoms with Gasteiger partial charge in [-0.2, -0.15) is 0 Å². The van der Waals surface area contributed by atoms with Crippen LogP contribution in [0, 0.1) is 5.92 Å². The minimum Gasteiger partial charge on any atom is -0.393 e. The van der Waals surface area contributed by atoms with Gasteiger partial charge in [0.2, 0.25) is 5.91 Å². The van der Waals surface area contributed by atoms with Crippen molar-refractivity contribution < 1.29 is 14.6 Å². The van der Waals surface area contributed by atoms with Crippen LogP contribution in [0.25, 0.3) is 0 Å². The normalized spacial score (nSPS) is 23.5.